The molecular formula is C37H31N3O2S. The Morgan fingerprint density at radius 2 is 1.26 bits per heavy atom. The van der Waals surface area contributed by atoms with Gasteiger partial charge in [-0.15, -0.1) is 10.2 Å². The minimum atomic E-state index is -0.113. The number of amides is 1. The number of carbonyl (C=O) groups is 1. The van der Waals surface area contributed by atoms with Gasteiger partial charge in [-0.3, -0.25) is 4.79 Å². The fraction of sp³-hybridized carbons (Fsp3) is 0.108. The SMILES string of the molecule is O=C(c1ccc(CSc2ccc(-c3ccc(-c4ccccc4)cc3)nn2)o1)N(CCc1ccccc1)Cc1ccccc1. The van der Waals surface area contributed by atoms with Crippen LogP contribution in [0.15, 0.2) is 149 Å². The van der Waals surface area contributed by atoms with Crippen molar-refractivity contribution in [1.29, 1.82) is 0 Å². The van der Waals surface area contributed by atoms with Crippen LogP contribution in [0.25, 0.3) is 22.4 Å². The summed E-state index contributed by atoms with van der Waals surface area (Å²) in [5.41, 5.74) is 6.47. The van der Waals surface area contributed by atoms with Crippen LogP contribution in [0.2, 0.25) is 0 Å². The van der Waals surface area contributed by atoms with Gasteiger partial charge in [-0.05, 0) is 52.9 Å². The third kappa shape index (κ3) is 7.48. The lowest BCUT2D eigenvalue weighted by molar-refractivity contribution is 0.0711. The summed E-state index contributed by atoms with van der Waals surface area (Å²) in [6.45, 7) is 1.12. The number of benzene rings is 4. The Kier molecular flexibility index (Phi) is 9.06. The van der Waals surface area contributed by atoms with E-state index in [9.17, 15) is 4.79 Å². The zero-order valence-electron chi connectivity index (χ0n) is 23.7. The van der Waals surface area contributed by atoms with E-state index in [1.54, 1.807) is 6.07 Å². The van der Waals surface area contributed by atoms with Crippen LogP contribution in [-0.4, -0.2) is 27.5 Å². The number of nitrogens with zero attached hydrogens (tertiary/aromatic N) is 3. The fourth-order valence-electron chi connectivity index (χ4n) is 4.85. The van der Waals surface area contributed by atoms with Crippen molar-refractivity contribution >= 4 is 17.7 Å². The van der Waals surface area contributed by atoms with Gasteiger partial charge >= 0.3 is 0 Å². The largest absolute Gasteiger partial charge is 0.455 e. The summed E-state index contributed by atoms with van der Waals surface area (Å²) >= 11 is 1.53. The van der Waals surface area contributed by atoms with Crippen LogP contribution in [0.4, 0.5) is 0 Å². The molecule has 212 valence electrons. The third-order valence-electron chi connectivity index (χ3n) is 7.18. The molecule has 6 aromatic rings. The van der Waals surface area contributed by atoms with Gasteiger partial charge in [0, 0.05) is 18.7 Å². The summed E-state index contributed by atoms with van der Waals surface area (Å²) in [6, 6.07) is 46.5. The number of carbonyl (C=O) groups excluding carboxylic acids is 1. The van der Waals surface area contributed by atoms with Crippen molar-refractivity contribution in [3.63, 3.8) is 0 Å². The first-order valence-electron chi connectivity index (χ1n) is 14.3. The van der Waals surface area contributed by atoms with Gasteiger partial charge in [0.25, 0.3) is 5.91 Å². The fourth-order valence-corrected chi connectivity index (χ4v) is 5.56. The standard InChI is InChI=1S/C37H31N3O2S/c41-37(40(26-29-12-6-2-7-13-29)25-24-28-10-4-1-5-11-28)35-22-20-33(42-35)27-43-36-23-21-34(38-39-36)32-18-16-31(17-19-32)30-14-8-3-9-15-30/h1-23H,24-27H2. The summed E-state index contributed by atoms with van der Waals surface area (Å²) in [6.07, 6.45) is 0.772. The molecule has 5 nitrogen and oxygen atoms in total. The number of rotatable bonds is 11. The van der Waals surface area contributed by atoms with Gasteiger partial charge in [0.05, 0.1) is 11.4 Å². The Morgan fingerprint density at radius 3 is 1.93 bits per heavy atom. The topological polar surface area (TPSA) is 59.2 Å². The van der Waals surface area contributed by atoms with Gasteiger partial charge in [0.15, 0.2) is 5.76 Å². The smallest absolute Gasteiger partial charge is 0.289 e. The zero-order valence-corrected chi connectivity index (χ0v) is 24.5. The van der Waals surface area contributed by atoms with Crippen LogP contribution >= 0.6 is 11.8 Å². The predicted octanol–water partition coefficient (Wildman–Crippen LogP) is 8.58. The van der Waals surface area contributed by atoms with Crippen molar-refractivity contribution in [2.75, 3.05) is 6.54 Å². The second-order valence-corrected chi connectivity index (χ2v) is 11.2. The van der Waals surface area contributed by atoms with E-state index in [1.165, 1.54) is 28.5 Å². The van der Waals surface area contributed by atoms with Gasteiger partial charge in [-0.25, -0.2) is 0 Å². The number of hydrogen-bond donors (Lipinski definition) is 0. The maximum absolute atomic E-state index is 13.5. The normalized spacial score (nSPS) is 10.9. The number of hydrogen-bond acceptors (Lipinski definition) is 5. The Bertz CT molecular complexity index is 1740. The maximum Gasteiger partial charge on any atom is 0.289 e. The van der Waals surface area contributed by atoms with E-state index in [-0.39, 0.29) is 5.91 Å². The van der Waals surface area contributed by atoms with E-state index < -0.39 is 0 Å². The molecule has 0 saturated carbocycles. The summed E-state index contributed by atoms with van der Waals surface area (Å²) < 4.78 is 6.02. The first kappa shape index (κ1) is 28.2. The number of aromatic nitrogens is 2. The molecule has 0 bridgehead atoms. The van der Waals surface area contributed by atoms with Crippen molar-refractivity contribution in [2.45, 2.75) is 23.7 Å². The van der Waals surface area contributed by atoms with Crippen LogP contribution in [0.3, 0.4) is 0 Å². The van der Waals surface area contributed by atoms with E-state index in [0.29, 0.717) is 24.6 Å². The van der Waals surface area contributed by atoms with Crippen LogP contribution in [0.5, 0.6) is 0 Å². The molecular weight excluding hydrogens is 550 g/mol. The van der Waals surface area contributed by atoms with Crippen molar-refractivity contribution in [3.8, 4) is 22.4 Å². The number of furan rings is 1. The van der Waals surface area contributed by atoms with Crippen LogP contribution in [-0.2, 0) is 18.7 Å². The van der Waals surface area contributed by atoms with Gasteiger partial charge < -0.3 is 9.32 Å². The lowest BCUT2D eigenvalue weighted by Gasteiger charge is -2.22. The molecule has 0 aliphatic carbocycles. The van der Waals surface area contributed by atoms with Crippen LogP contribution in [0, 0.1) is 0 Å². The summed E-state index contributed by atoms with van der Waals surface area (Å²) in [5, 5.41) is 9.65. The molecule has 2 heterocycles. The second-order valence-electron chi connectivity index (χ2n) is 10.2. The molecule has 0 atom stereocenters. The monoisotopic (exact) mass is 581 g/mol. The van der Waals surface area contributed by atoms with Crippen molar-refractivity contribution in [1.82, 2.24) is 15.1 Å². The highest BCUT2D eigenvalue weighted by Gasteiger charge is 2.20. The molecule has 0 aliphatic heterocycles. The molecule has 0 unspecified atom stereocenters. The Hall–Kier alpha value is -4.94. The highest BCUT2D eigenvalue weighted by Crippen LogP contribution is 2.26. The van der Waals surface area contributed by atoms with E-state index >= 15 is 0 Å². The highest BCUT2D eigenvalue weighted by molar-refractivity contribution is 7.98. The summed E-state index contributed by atoms with van der Waals surface area (Å²) in [5.74, 6) is 1.51. The molecule has 6 heteroatoms. The lowest BCUT2D eigenvalue weighted by Crippen LogP contribution is -2.32. The molecule has 0 radical (unpaired) electrons. The first-order valence-corrected chi connectivity index (χ1v) is 15.3. The van der Waals surface area contributed by atoms with Crippen molar-refractivity contribution in [3.05, 3.63) is 162 Å². The molecule has 0 fully saturated rings. The molecule has 0 aliphatic rings. The van der Waals surface area contributed by atoms with E-state index in [2.05, 4.69) is 58.7 Å². The van der Waals surface area contributed by atoms with Gasteiger partial charge in [0.1, 0.15) is 10.8 Å². The molecule has 0 saturated heterocycles. The molecule has 6 rings (SSSR count). The van der Waals surface area contributed by atoms with Gasteiger partial charge in [-0.2, -0.15) is 0 Å². The Morgan fingerprint density at radius 1 is 0.628 bits per heavy atom. The van der Waals surface area contributed by atoms with Crippen LogP contribution in [0.1, 0.15) is 27.4 Å². The Labute approximate surface area is 256 Å². The minimum Gasteiger partial charge on any atom is -0.455 e. The number of thioether (sulfide) groups is 1. The van der Waals surface area contributed by atoms with Crippen molar-refractivity contribution < 1.29 is 9.21 Å². The van der Waals surface area contributed by atoms with Gasteiger partial charge in [0.2, 0.25) is 0 Å². The van der Waals surface area contributed by atoms with E-state index in [4.69, 9.17) is 4.42 Å². The predicted molar refractivity (Wildman–Crippen MR) is 173 cm³/mol. The quantitative estimate of drug-likeness (QED) is 0.143. The van der Waals surface area contributed by atoms with Crippen molar-refractivity contribution in [2.24, 2.45) is 0 Å². The van der Waals surface area contributed by atoms with E-state index in [1.807, 2.05) is 89.8 Å². The average molecular weight is 582 g/mol. The molecule has 4 aromatic carbocycles. The molecule has 0 N–H and O–H groups in total. The molecule has 43 heavy (non-hydrogen) atoms. The summed E-state index contributed by atoms with van der Waals surface area (Å²) in [7, 11) is 0. The third-order valence-corrected chi connectivity index (χ3v) is 8.12. The van der Waals surface area contributed by atoms with Gasteiger partial charge in [-0.1, -0.05) is 127 Å². The average Bonchev–Trinajstić information content (AvgIpc) is 3.56. The lowest BCUT2D eigenvalue weighted by atomic mass is 10.0. The minimum absolute atomic E-state index is 0.113. The maximum atomic E-state index is 13.5. The molecule has 0 spiro atoms. The highest BCUT2D eigenvalue weighted by atomic mass is 32.2. The zero-order chi connectivity index (χ0) is 29.3. The molecule has 1 amide bonds. The Balaban J connectivity index is 1.07. The van der Waals surface area contributed by atoms with Crippen LogP contribution < -0.4 is 0 Å². The molecule has 2 aromatic heterocycles. The second kappa shape index (κ2) is 13.8. The summed E-state index contributed by atoms with van der Waals surface area (Å²) in [4.78, 5) is 15.4. The van der Waals surface area contributed by atoms with E-state index in [0.717, 1.165) is 34.0 Å². The first-order chi connectivity index (χ1) is 21.2.